The van der Waals surface area contributed by atoms with Gasteiger partial charge in [-0.05, 0) is 17.7 Å². The minimum atomic E-state index is -0.240. The van der Waals surface area contributed by atoms with Crippen molar-refractivity contribution in [2.24, 2.45) is 5.16 Å². The van der Waals surface area contributed by atoms with Crippen LogP contribution in [0.3, 0.4) is 0 Å². The molecule has 1 atom stereocenters. The Morgan fingerprint density at radius 3 is 2.78 bits per heavy atom. The summed E-state index contributed by atoms with van der Waals surface area (Å²) in [6.07, 6.45) is 2.15. The van der Waals surface area contributed by atoms with Crippen LogP contribution in [0.15, 0.2) is 72.4 Å². The molecule has 0 aromatic heterocycles. The van der Waals surface area contributed by atoms with Gasteiger partial charge in [0.05, 0.1) is 25.1 Å². The van der Waals surface area contributed by atoms with Gasteiger partial charge in [0.15, 0.2) is 6.10 Å². The second-order valence-electron chi connectivity index (χ2n) is 6.16. The summed E-state index contributed by atoms with van der Waals surface area (Å²) in [4.78, 5) is 19.9. The maximum atomic E-state index is 12.7. The van der Waals surface area contributed by atoms with Gasteiger partial charge in [0.25, 0.3) is 0 Å². The first-order valence-corrected chi connectivity index (χ1v) is 8.79. The second-order valence-corrected chi connectivity index (χ2v) is 6.16. The highest BCUT2D eigenvalue weighted by Crippen LogP contribution is 2.24. The maximum Gasteiger partial charge on any atom is 0.322 e. The van der Waals surface area contributed by atoms with E-state index >= 15 is 0 Å². The molecule has 0 unspecified atom stereocenters. The van der Waals surface area contributed by atoms with Crippen LogP contribution in [0, 0.1) is 0 Å². The minimum absolute atomic E-state index is 0.191. The van der Waals surface area contributed by atoms with Gasteiger partial charge in [-0.1, -0.05) is 53.7 Å². The van der Waals surface area contributed by atoms with Crippen molar-refractivity contribution in [1.29, 1.82) is 0 Å². The summed E-state index contributed by atoms with van der Waals surface area (Å²) in [5, 5.41) is 7.07. The van der Waals surface area contributed by atoms with Crippen LogP contribution in [0.2, 0.25) is 0 Å². The van der Waals surface area contributed by atoms with Gasteiger partial charge in [0.1, 0.15) is 5.75 Å². The second kappa shape index (κ2) is 8.89. The topological polar surface area (TPSA) is 63.2 Å². The lowest BCUT2D eigenvalue weighted by Crippen LogP contribution is -2.40. The van der Waals surface area contributed by atoms with Crippen LogP contribution in [-0.2, 0) is 4.84 Å². The van der Waals surface area contributed by atoms with Gasteiger partial charge in [-0.15, -0.1) is 6.58 Å². The monoisotopic (exact) mass is 365 g/mol. The van der Waals surface area contributed by atoms with Crippen molar-refractivity contribution in [3.05, 3.63) is 72.8 Å². The maximum absolute atomic E-state index is 12.7. The number of nitrogens with one attached hydrogen (secondary N) is 1. The molecule has 2 aromatic rings. The number of oxime groups is 1. The van der Waals surface area contributed by atoms with E-state index < -0.39 is 0 Å². The van der Waals surface area contributed by atoms with Gasteiger partial charge >= 0.3 is 6.03 Å². The molecule has 0 saturated heterocycles. The largest absolute Gasteiger partial charge is 0.495 e. The molecular formula is C21H23N3O3. The smallest absolute Gasteiger partial charge is 0.322 e. The van der Waals surface area contributed by atoms with Crippen LogP contribution in [0.4, 0.5) is 10.5 Å². The highest BCUT2D eigenvalue weighted by atomic mass is 16.6. The molecule has 3 rings (SSSR count). The molecular weight excluding hydrogens is 342 g/mol. The van der Waals surface area contributed by atoms with Crippen LogP contribution in [0.5, 0.6) is 5.75 Å². The molecule has 0 radical (unpaired) electrons. The van der Waals surface area contributed by atoms with E-state index in [1.165, 1.54) is 0 Å². The number of para-hydroxylation sites is 2. The zero-order valence-corrected chi connectivity index (χ0v) is 15.3. The summed E-state index contributed by atoms with van der Waals surface area (Å²) in [6, 6.07) is 17.0. The average Bonchev–Trinajstić information content (AvgIpc) is 3.17. The fourth-order valence-electron chi connectivity index (χ4n) is 2.91. The number of carbonyl (C=O) groups excluding carboxylic acids is 1. The Morgan fingerprint density at radius 2 is 2.04 bits per heavy atom. The molecule has 1 N–H and O–H groups in total. The molecule has 6 heteroatoms. The Kier molecular flexibility index (Phi) is 6.10. The first kappa shape index (κ1) is 18.5. The van der Waals surface area contributed by atoms with Crippen molar-refractivity contribution in [2.45, 2.75) is 12.5 Å². The fourth-order valence-corrected chi connectivity index (χ4v) is 2.91. The lowest BCUT2D eigenvalue weighted by Gasteiger charge is -2.24. The number of ether oxygens (including phenoxy) is 1. The summed E-state index contributed by atoms with van der Waals surface area (Å²) in [6.45, 7) is 4.56. The normalized spacial score (nSPS) is 15.4. The average molecular weight is 365 g/mol. The van der Waals surface area contributed by atoms with E-state index in [0.717, 1.165) is 11.3 Å². The van der Waals surface area contributed by atoms with Crippen LogP contribution in [-0.4, -0.2) is 42.9 Å². The van der Waals surface area contributed by atoms with Crippen LogP contribution < -0.4 is 10.1 Å². The molecule has 6 nitrogen and oxygen atoms in total. The number of nitrogens with zero attached hydrogens (tertiary/aromatic N) is 2. The molecule has 1 heterocycles. The number of hydrogen-bond acceptors (Lipinski definition) is 4. The van der Waals surface area contributed by atoms with Gasteiger partial charge in [0.2, 0.25) is 0 Å². The first-order chi connectivity index (χ1) is 13.2. The third kappa shape index (κ3) is 4.67. The number of anilines is 1. The van der Waals surface area contributed by atoms with Crippen molar-refractivity contribution in [3.8, 4) is 5.75 Å². The van der Waals surface area contributed by atoms with Crippen LogP contribution in [0.1, 0.15) is 12.0 Å². The number of benzene rings is 2. The zero-order chi connectivity index (χ0) is 19.1. The number of urea groups is 1. The van der Waals surface area contributed by atoms with E-state index in [0.29, 0.717) is 30.9 Å². The van der Waals surface area contributed by atoms with Gasteiger partial charge in [-0.25, -0.2) is 4.79 Å². The van der Waals surface area contributed by atoms with Crippen molar-refractivity contribution in [3.63, 3.8) is 0 Å². The molecule has 0 spiro atoms. The predicted octanol–water partition coefficient (Wildman–Crippen LogP) is 3.91. The number of amides is 2. The Hall–Kier alpha value is -3.28. The Balaban J connectivity index is 1.62. The molecule has 0 bridgehead atoms. The van der Waals surface area contributed by atoms with Gasteiger partial charge < -0.3 is 19.8 Å². The summed E-state index contributed by atoms with van der Waals surface area (Å²) in [5.74, 6) is 0.608. The minimum Gasteiger partial charge on any atom is -0.495 e. The van der Waals surface area contributed by atoms with Crippen molar-refractivity contribution < 1.29 is 14.4 Å². The quantitative estimate of drug-likeness (QED) is 0.757. The third-order valence-electron chi connectivity index (χ3n) is 4.25. The summed E-state index contributed by atoms with van der Waals surface area (Å²) >= 11 is 0. The van der Waals surface area contributed by atoms with E-state index in [2.05, 4.69) is 17.1 Å². The van der Waals surface area contributed by atoms with Gasteiger partial charge in [0, 0.05) is 13.0 Å². The van der Waals surface area contributed by atoms with E-state index in [-0.39, 0.29) is 12.1 Å². The molecule has 2 aromatic carbocycles. The summed E-state index contributed by atoms with van der Waals surface area (Å²) in [5.41, 5.74) is 2.55. The standard InChI is InChI=1S/C21H23N3O3/c1-3-13-24(21(25)22-18-11-7-8-12-20(18)26-2)15-17-14-19(23-27-17)16-9-5-4-6-10-16/h3-12,17H,1,13-15H2,2H3,(H,22,25)/t17-/m1/s1. The molecule has 2 amide bonds. The Labute approximate surface area is 159 Å². The number of rotatable bonds is 7. The molecule has 0 aliphatic carbocycles. The van der Waals surface area contributed by atoms with E-state index in [9.17, 15) is 4.79 Å². The molecule has 27 heavy (non-hydrogen) atoms. The molecule has 140 valence electrons. The Morgan fingerprint density at radius 1 is 1.30 bits per heavy atom. The lowest BCUT2D eigenvalue weighted by atomic mass is 10.1. The first-order valence-electron chi connectivity index (χ1n) is 8.79. The molecule has 0 saturated carbocycles. The van der Waals surface area contributed by atoms with Gasteiger partial charge in [-0.2, -0.15) is 0 Å². The SMILES string of the molecule is C=CCN(C[C@H]1CC(c2ccccc2)=NO1)C(=O)Nc1ccccc1OC. The van der Waals surface area contributed by atoms with Crippen LogP contribution in [0.25, 0.3) is 0 Å². The predicted molar refractivity (Wildman–Crippen MR) is 106 cm³/mol. The van der Waals surface area contributed by atoms with Crippen LogP contribution >= 0.6 is 0 Å². The molecule has 1 aliphatic heterocycles. The van der Waals surface area contributed by atoms with Crippen molar-refractivity contribution in [1.82, 2.24) is 4.90 Å². The Bertz CT molecular complexity index is 820. The highest BCUT2D eigenvalue weighted by Gasteiger charge is 2.26. The number of methoxy groups -OCH3 is 1. The van der Waals surface area contributed by atoms with E-state index in [1.807, 2.05) is 42.5 Å². The van der Waals surface area contributed by atoms with Gasteiger partial charge in [-0.3, -0.25) is 0 Å². The highest BCUT2D eigenvalue weighted by molar-refractivity contribution is 6.01. The number of carbonyl (C=O) groups is 1. The lowest BCUT2D eigenvalue weighted by molar-refractivity contribution is 0.0645. The van der Waals surface area contributed by atoms with Crippen molar-refractivity contribution >= 4 is 17.4 Å². The van der Waals surface area contributed by atoms with Crippen molar-refractivity contribution in [2.75, 3.05) is 25.5 Å². The summed E-state index contributed by atoms with van der Waals surface area (Å²) < 4.78 is 5.29. The molecule has 1 aliphatic rings. The number of hydrogen-bond donors (Lipinski definition) is 1. The fraction of sp³-hybridized carbons (Fsp3) is 0.238. The van der Waals surface area contributed by atoms with E-state index in [4.69, 9.17) is 9.57 Å². The summed E-state index contributed by atoms with van der Waals surface area (Å²) in [7, 11) is 1.57. The van der Waals surface area contributed by atoms with E-state index in [1.54, 1.807) is 30.2 Å². The zero-order valence-electron chi connectivity index (χ0n) is 15.3. The molecule has 0 fully saturated rings. The third-order valence-corrected chi connectivity index (χ3v) is 4.25.